The maximum atomic E-state index is 5.71. The van der Waals surface area contributed by atoms with Gasteiger partial charge in [0.05, 0.1) is 5.60 Å². The zero-order valence-corrected chi connectivity index (χ0v) is 11.0. The molecule has 0 aliphatic heterocycles. The first-order valence-corrected chi connectivity index (χ1v) is 5.97. The standard InChI is InChI=1S/C12H28N2O/c1-6-15-12(4,5)9-14-8-11(7-13)10(2)3/h10-11,14H,6-9,13H2,1-5H3. The Balaban J connectivity index is 3.76. The highest BCUT2D eigenvalue weighted by atomic mass is 16.5. The van der Waals surface area contributed by atoms with E-state index in [1.165, 1.54) is 0 Å². The third-order valence-electron chi connectivity index (χ3n) is 2.74. The van der Waals surface area contributed by atoms with Crippen molar-refractivity contribution in [3.8, 4) is 0 Å². The van der Waals surface area contributed by atoms with E-state index in [0.717, 1.165) is 26.2 Å². The molecule has 0 aromatic carbocycles. The van der Waals surface area contributed by atoms with Crippen molar-refractivity contribution in [3.05, 3.63) is 0 Å². The summed E-state index contributed by atoms with van der Waals surface area (Å²) in [6.45, 7) is 14.0. The van der Waals surface area contributed by atoms with E-state index in [9.17, 15) is 0 Å². The van der Waals surface area contributed by atoms with E-state index >= 15 is 0 Å². The number of nitrogens with one attached hydrogen (secondary N) is 1. The summed E-state index contributed by atoms with van der Waals surface area (Å²) in [6, 6.07) is 0. The summed E-state index contributed by atoms with van der Waals surface area (Å²) in [5.74, 6) is 1.19. The molecular weight excluding hydrogens is 188 g/mol. The van der Waals surface area contributed by atoms with Gasteiger partial charge in [0.15, 0.2) is 0 Å². The fraction of sp³-hybridized carbons (Fsp3) is 1.00. The molecule has 0 aromatic rings. The average molecular weight is 216 g/mol. The molecule has 0 saturated heterocycles. The van der Waals surface area contributed by atoms with Gasteiger partial charge in [-0.25, -0.2) is 0 Å². The zero-order chi connectivity index (χ0) is 11.9. The van der Waals surface area contributed by atoms with E-state index in [4.69, 9.17) is 10.5 Å². The lowest BCUT2D eigenvalue weighted by Gasteiger charge is -2.27. The molecule has 0 aliphatic carbocycles. The monoisotopic (exact) mass is 216 g/mol. The molecular formula is C12H28N2O. The van der Waals surface area contributed by atoms with Crippen LogP contribution in [0.5, 0.6) is 0 Å². The number of hydrogen-bond acceptors (Lipinski definition) is 3. The minimum Gasteiger partial charge on any atom is -0.375 e. The van der Waals surface area contributed by atoms with Crippen LogP contribution in [0, 0.1) is 11.8 Å². The van der Waals surface area contributed by atoms with Crippen molar-refractivity contribution in [1.29, 1.82) is 0 Å². The number of nitrogens with two attached hydrogens (primary N) is 1. The van der Waals surface area contributed by atoms with Gasteiger partial charge in [-0.1, -0.05) is 13.8 Å². The molecule has 0 bridgehead atoms. The highest BCUT2D eigenvalue weighted by Crippen LogP contribution is 2.10. The summed E-state index contributed by atoms with van der Waals surface area (Å²) in [4.78, 5) is 0. The predicted octanol–water partition coefficient (Wildman–Crippen LogP) is 1.62. The molecule has 0 fully saturated rings. The van der Waals surface area contributed by atoms with Crippen molar-refractivity contribution in [3.63, 3.8) is 0 Å². The Kier molecular flexibility index (Phi) is 7.14. The molecule has 3 heteroatoms. The lowest BCUT2D eigenvalue weighted by molar-refractivity contribution is -0.00945. The number of rotatable bonds is 8. The van der Waals surface area contributed by atoms with Crippen molar-refractivity contribution in [2.75, 3.05) is 26.2 Å². The molecule has 3 nitrogen and oxygen atoms in total. The zero-order valence-electron chi connectivity index (χ0n) is 11.0. The number of hydrogen-bond donors (Lipinski definition) is 2. The van der Waals surface area contributed by atoms with E-state index in [1.54, 1.807) is 0 Å². The highest BCUT2D eigenvalue weighted by Gasteiger charge is 2.18. The lowest BCUT2D eigenvalue weighted by atomic mass is 9.96. The van der Waals surface area contributed by atoms with Crippen LogP contribution in [0.3, 0.4) is 0 Å². The molecule has 3 N–H and O–H groups in total. The lowest BCUT2D eigenvalue weighted by Crippen LogP contribution is -2.41. The maximum absolute atomic E-state index is 5.71. The summed E-state index contributed by atoms with van der Waals surface area (Å²) in [6.07, 6.45) is 0. The second-order valence-electron chi connectivity index (χ2n) is 5.06. The molecule has 0 rings (SSSR count). The van der Waals surface area contributed by atoms with E-state index in [-0.39, 0.29) is 5.60 Å². The molecule has 0 aliphatic rings. The molecule has 1 atom stereocenters. The smallest absolute Gasteiger partial charge is 0.0750 e. The second kappa shape index (κ2) is 7.20. The predicted molar refractivity (Wildman–Crippen MR) is 66.0 cm³/mol. The van der Waals surface area contributed by atoms with Crippen LogP contribution in [0.2, 0.25) is 0 Å². The van der Waals surface area contributed by atoms with Gasteiger partial charge in [-0.3, -0.25) is 0 Å². The maximum Gasteiger partial charge on any atom is 0.0750 e. The average Bonchev–Trinajstić information content (AvgIpc) is 2.11. The SMILES string of the molecule is CCOC(C)(C)CNCC(CN)C(C)C. The third-order valence-corrected chi connectivity index (χ3v) is 2.74. The molecule has 0 amide bonds. The molecule has 1 unspecified atom stereocenters. The molecule has 0 aromatic heterocycles. The van der Waals surface area contributed by atoms with E-state index in [2.05, 4.69) is 33.0 Å². The molecule has 0 heterocycles. The van der Waals surface area contributed by atoms with Crippen LogP contribution in [0.15, 0.2) is 0 Å². The first-order chi connectivity index (χ1) is 6.93. The van der Waals surface area contributed by atoms with Crippen LogP contribution in [-0.2, 0) is 4.74 Å². The Bertz CT molecular complexity index is 158. The normalized spacial score (nSPS) is 14.6. The number of ether oxygens (including phenoxy) is 1. The molecule has 0 spiro atoms. The minimum absolute atomic E-state index is 0.0785. The molecule has 15 heavy (non-hydrogen) atoms. The van der Waals surface area contributed by atoms with Crippen molar-refractivity contribution >= 4 is 0 Å². The van der Waals surface area contributed by atoms with Crippen molar-refractivity contribution in [2.24, 2.45) is 17.6 Å². The molecule has 0 radical (unpaired) electrons. The van der Waals surface area contributed by atoms with Crippen LogP contribution in [-0.4, -0.2) is 31.8 Å². The van der Waals surface area contributed by atoms with Gasteiger partial charge in [0.2, 0.25) is 0 Å². The van der Waals surface area contributed by atoms with E-state index in [1.807, 2.05) is 6.92 Å². The Labute approximate surface area is 94.8 Å². The Morgan fingerprint density at radius 2 is 1.93 bits per heavy atom. The van der Waals surface area contributed by atoms with Gasteiger partial charge < -0.3 is 15.8 Å². The van der Waals surface area contributed by atoms with E-state index in [0.29, 0.717) is 11.8 Å². The van der Waals surface area contributed by atoms with Crippen molar-refractivity contribution in [1.82, 2.24) is 5.32 Å². The van der Waals surface area contributed by atoms with Gasteiger partial charge in [0.1, 0.15) is 0 Å². The Morgan fingerprint density at radius 3 is 2.33 bits per heavy atom. The van der Waals surface area contributed by atoms with Gasteiger partial charge in [-0.05, 0) is 45.7 Å². The topological polar surface area (TPSA) is 47.3 Å². The van der Waals surface area contributed by atoms with Gasteiger partial charge in [0.25, 0.3) is 0 Å². The van der Waals surface area contributed by atoms with Crippen LogP contribution in [0.1, 0.15) is 34.6 Å². The van der Waals surface area contributed by atoms with Crippen molar-refractivity contribution in [2.45, 2.75) is 40.2 Å². The summed E-state index contributed by atoms with van der Waals surface area (Å²) in [7, 11) is 0. The van der Waals surface area contributed by atoms with Crippen LogP contribution < -0.4 is 11.1 Å². The first-order valence-electron chi connectivity index (χ1n) is 5.97. The minimum atomic E-state index is -0.0785. The fourth-order valence-electron chi connectivity index (χ4n) is 1.59. The summed E-state index contributed by atoms with van der Waals surface area (Å²) < 4.78 is 5.61. The third kappa shape index (κ3) is 6.88. The fourth-order valence-corrected chi connectivity index (χ4v) is 1.59. The summed E-state index contributed by atoms with van der Waals surface area (Å²) in [5, 5.41) is 3.44. The summed E-state index contributed by atoms with van der Waals surface area (Å²) in [5.41, 5.74) is 5.63. The van der Waals surface area contributed by atoms with E-state index < -0.39 is 0 Å². The Hall–Kier alpha value is -0.120. The van der Waals surface area contributed by atoms with Crippen LogP contribution in [0.25, 0.3) is 0 Å². The van der Waals surface area contributed by atoms with Gasteiger partial charge in [-0.2, -0.15) is 0 Å². The first kappa shape index (κ1) is 14.9. The Morgan fingerprint density at radius 1 is 1.33 bits per heavy atom. The van der Waals surface area contributed by atoms with Crippen LogP contribution >= 0.6 is 0 Å². The molecule has 0 saturated carbocycles. The summed E-state index contributed by atoms with van der Waals surface area (Å²) >= 11 is 0. The van der Waals surface area contributed by atoms with Crippen LogP contribution in [0.4, 0.5) is 0 Å². The highest BCUT2D eigenvalue weighted by molar-refractivity contribution is 4.74. The second-order valence-corrected chi connectivity index (χ2v) is 5.06. The van der Waals surface area contributed by atoms with Gasteiger partial charge >= 0.3 is 0 Å². The van der Waals surface area contributed by atoms with Crippen molar-refractivity contribution < 1.29 is 4.74 Å². The van der Waals surface area contributed by atoms with Gasteiger partial charge in [-0.15, -0.1) is 0 Å². The quantitative estimate of drug-likeness (QED) is 0.648. The van der Waals surface area contributed by atoms with Gasteiger partial charge in [0, 0.05) is 13.2 Å². The largest absolute Gasteiger partial charge is 0.375 e. The molecule has 92 valence electrons.